The van der Waals surface area contributed by atoms with Crippen LogP contribution in [0.1, 0.15) is 15.2 Å². The number of sulfonamides is 1. The third-order valence-electron chi connectivity index (χ3n) is 5.46. The van der Waals surface area contributed by atoms with Crippen LogP contribution in [-0.2, 0) is 20.6 Å². The number of nitrogens with zero attached hydrogens (tertiary/aromatic N) is 2. The van der Waals surface area contributed by atoms with Crippen LogP contribution in [0, 0.1) is 0 Å². The molecule has 3 aromatic rings. The topological polar surface area (TPSA) is 98.8 Å². The molecule has 2 aromatic carbocycles. The lowest BCUT2D eigenvalue weighted by molar-refractivity contribution is -0.117. The molecule has 0 unspecified atom stereocenters. The number of hydrogen-bond acceptors (Lipinski definition) is 6. The van der Waals surface area contributed by atoms with Gasteiger partial charge >= 0.3 is 0 Å². The molecule has 34 heavy (non-hydrogen) atoms. The highest BCUT2D eigenvalue weighted by Gasteiger charge is 2.27. The van der Waals surface area contributed by atoms with Crippen LogP contribution in [0.4, 0.5) is 11.4 Å². The predicted molar refractivity (Wildman–Crippen MR) is 134 cm³/mol. The quantitative estimate of drug-likeness (QED) is 0.497. The van der Waals surface area contributed by atoms with Crippen LogP contribution in [-0.4, -0.2) is 62.2 Å². The SMILES string of the molecule is O=C(CN1CCN(S(=O)(=O)Cc2ccccc2)CC1)Nc1ccc(NC(=O)c2cccs2)cc1. The number of anilines is 2. The van der Waals surface area contributed by atoms with Crippen LogP contribution in [0.2, 0.25) is 0 Å². The standard InChI is InChI=1S/C24H26N4O4S2/c29-23(25-20-8-10-21(11-9-20)26-24(30)22-7-4-16-33-22)17-27-12-14-28(15-13-27)34(31,32)18-19-5-2-1-3-6-19/h1-11,16H,12-15,17-18H2,(H,25,29)(H,26,30). The second kappa shape index (κ2) is 10.9. The normalized spacial score (nSPS) is 15.1. The summed E-state index contributed by atoms with van der Waals surface area (Å²) < 4.78 is 26.9. The molecule has 2 amide bonds. The molecular formula is C24H26N4O4S2. The summed E-state index contributed by atoms with van der Waals surface area (Å²) in [7, 11) is -3.39. The molecule has 1 aliphatic rings. The van der Waals surface area contributed by atoms with Crippen molar-refractivity contribution >= 4 is 44.5 Å². The van der Waals surface area contributed by atoms with Crippen molar-refractivity contribution in [2.24, 2.45) is 0 Å². The number of thiophene rings is 1. The van der Waals surface area contributed by atoms with Crippen LogP contribution in [0.15, 0.2) is 72.1 Å². The van der Waals surface area contributed by atoms with Crippen molar-refractivity contribution in [3.63, 3.8) is 0 Å². The molecule has 0 saturated carbocycles. The first kappa shape index (κ1) is 24.1. The van der Waals surface area contributed by atoms with E-state index in [2.05, 4.69) is 10.6 Å². The minimum atomic E-state index is -3.39. The van der Waals surface area contributed by atoms with Gasteiger partial charge in [0.25, 0.3) is 5.91 Å². The van der Waals surface area contributed by atoms with Gasteiger partial charge in [0.2, 0.25) is 15.9 Å². The van der Waals surface area contributed by atoms with Gasteiger partial charge in [-0.05, 0) is 41.3 Å². The van der Waals surface area contributed by atoms with Gasteiger partial charge in [-0.1, -0.05) is 36.4 Å². The summed E-state index contributed by atoms with van der Waals surface area (Å²) in [6, 6.07) is 19.6. The van der Waals surface area contributed by atoms with E-state index < -0.39 is 10.0 Å². The molecule has 0 aliphatic carbocycles. The van der Waals surface area contributed by atoms with E-state index in [1.54, 1.807) is 30.3 Å². The van der Waals surface area contributed by atoms with Gasteiger partial charge in [0.1, 0.15) is 0 Å². The maximum atomic E-state index is 12.7. The predicted octanol–water partition coefficient (Wildman–Crippen LogP) is 3.09. The average molecular weight is 499 g/mol. The fraction of sp³-hybridized carbons (Fsp3) is 0.250. The number of nitrogens with one attached hydrogen (secondary N) is 2. The highest BCUT2D eigenvalue weighted by molar-refractivity contribution is 7.88. The molecule has 0 atom stereocenters. The van der Waals surface area contributed by atoms with Gasteiger partial charge in [0.15, 0.2) is 0 Å². The molecule has 2 heterocycles. The monoisotopic (exact) mass is 498 g/mol. The number of benzene rings is 2. The average Bonchev–Trinajstić information content (AvgIpc) is 3.36. The van der Waals surface area contributed by atoms with Crippen molar-refractivity contribution in [2.75, 3.05) is 43.4 Å². The summed E-state index contributed by atoms with van der Waals surface area (Å²) in [6.45, 7) is 1.90. The minimum Gasteiger partial charge on any atom is -0.325 e. The Balaban J connectivity index is 1.22. The Hall–Kier alpha value is -3.05. The van der Waals surface area contributed by atoms with Gasteiger partial charge in [-0.3, -0.25) is 14.5 Å². The van der Waals surface area contributed by atoms with Crippen LogP contribution >= 0.6 is 11.3 Å². The Morgan fingerprint density at radius 1 is 0.824 bits per heavy atom. The van der Waals surface area contributed by atoms with Crippen molar-refractivity contribution in [3.8, 4) is 0 Å². The zero-order chi connectivity index (χ0) is 24.0. The van der Waals surface area contributed by atoms with Gasteiger partial charge in [0, 0.05) is 37.6 Å². The molecule has 0 radical (unpaired) electrons. The highest BCUT2D eigenvalue weighted by atomic mass is 32.2. The van der Waals surface area contributed by atoms with Crippen molar-refractivity contribution in [3.05, 3.63) is 82.6 Å². The third-order valence-corrected chi connectivity index (χ3v) is 8.17. The maximum Gasteiger partial charge on any atom is 0.265 e. The lowest BCUT2D eigenvalue weighted by Gasteiger charge is -2.33. The van der Waals surface area contributed by atoms with E-state index in [1.165, 1.54) is 15.6 Å². The summed E-state index contributed by atoms with van der Waals surface area (Å²) in [6.07, 6.45) is 0. The molecule has 2 N–H and O–H groups in total. The number of piperazine rings is 1. The first-order valence-corrected chi connectivity index (χ1v) is 13.4. The van der Waals surface area contributed by atoms with Gasteiger partial charge < -0.3 is 10.6 Å². The first-order valence-electron chi connectivity index (χ1n) is 10.9. The number of rotatable bonds is 8. The Labute approximate surface area is 203 Å². The number of carbonyl (C=O) groups excluding carboxylic acids is 2. The van der Waals surface area contributed by atoms with Gasteiger partial charge in [-0.2, -0.15) is 4.31 Å². The lowest BCUT2D eigenvalue weighted by Crippen LogP contribution is -2.50. The molecule has 0 spiro atoms. The highest BCUT2D eigenvalue weighted by Crippen LogP contribution is 2.17. The maximum absolute atomic E-state index is 12.7. The van der Waals surface area contributed by atoms with Crippen molar-refractivity contribution in [1.29, 1.82) is 0 Å². The van der Waals surface area contributed by atoms with Crippen molar-refractivity contribution in [2.45, 2.75) is 5.75 Å². The molecule has 8 nitrogen and oxygen atoms in total. The molecular weight excluding hydrogens is 472 g/mol. The van der Waals surface area contributed by atoms with E-state index in [0.717, 1.165) is 5.56 Å². The van der Waals surface area contributed by atoms with E-state index in [4.69, 9.17) is 0 Å². The molecule has 1 fully saturated rings. The zero-order valence-electron chi connectivity index (χ0n) is 18.5. The Morgan fingerprint density at radius 2 is 1.47 bits per heavy atom. The number of carbonyl (C=O) groups is 2. The van der Waals surface area contributed by atoms with Crippen LogP contribution < -0.4 is 10.6 Å². The second-order valence-corrected chi connectivity index (χ2v) is 10.9. The van der Waals surface area contributed by atoms with Gasteiger partial charge in [0.05, 0.1) is 17.2 Å². The van der Waals surface area contributed by atoms with Crippen molar-refractivity contribution in [1.82, 2.24) is 9.21 Å². The largest absolute Gasteiger partial charge is 0.325 e. The molecule has 1 aromatic heterocycles. The summed E-state index contributed by atoms with van der Waals surface area (Å²) in [5.74, 6) is -0.356. The smallest absolute Gasteiger partial charge is 0.265 e. The van der Waals surface area contributed by atoms with Crippen molar-refractivity contribution < 1.29 is 18.0 Å². The van der Waals surface area contributed by atoms with Crippen LogP contribution in [0.5, 0.6) is 0 Å². The molecule has 178 valence electrons. The fourth-order valence-corrected chi connectivity index (χ4v) is 5.82. The minimum absolute atomic E-state index is 0.0158. The summed E-state index contributed by atoms with van der Waals surface area (Å²) in [5, 5.41) is 7.51. The van der Waals surface area contributed by atoms with E-state index >= 15 is 0 Å². The van der Waals surface area contributed by atoms with E-state index in [1.807, 2.05) is 46.7 Å². The van der Waals surface area contributed by atoms with E-state index in [0.29, 0.717) is 42.4 Å². The first-order chi connectivity index (χ1) is 16.4. The lowest BCUT2D eigenvalue weighted by atomic mass is 10.2. The Bertz CT molecular complexity index is 1210. The van der Waals surface area contributed by atoms with Gasteiger partial charge in [-0.25, -0.2) is 8.42 Å². The van der Waals surface area contributed by atoms with Crippen LogP contribution in [0.25, 0.3) is 0 Å². The molecule has 0 bridgehead atoms. The number of hydrogen-bond donors (Lipinski definition) is 2. The number of amides is 2. The Morgan fingerprint density at radius 3 is 2.09 bits per heavy atom. The van der Waals surface area contributed by atoms with E-state index in [-0.39, 0.29) is 24.1 Å². The van der Waals surface area contributed by atoms with Crippen LogP contribution in [0.3, 0.4) is 0 Å². The molecule has 1 saturated heterocycles. The third kappa shape index (κ3) is 6.51. The molecule has 10 heteroatoms. The summed E-state index contributed by atoms with van der Waals surface area (Å²) in [4.78, 5) is 27.2. The fourth-order valence-electron chi connectivity index (χ4n) is 3.68. The second-order valence-electron chi connectivity index (χ2n) is 7.97. The van der Waals surface area contributed by atoms with E-state index in [9.17, 15) is 18.0 Å². The molecule has 1 aliphatic heterocycles. The summed E-state index contributed by atoms with van der Waals surface area (Å²) >= 11 is 1.37. The zero-order valence-corrected chi connectivity index (χ0v) is 20.1. The Kier molecular flexibility index (Phi) is 7.73. The summed E-state index contributed by atoms with van der Waals surface area (Å²) in [5.41, 5.74) is 2.04. The van der Waals surface area contributed by atoms with Gasteiger partial charge in [-0.15, -0.1) is 11.3 Å². The molecule has 4 rings (SSSR count).